The SMILES string of the molecule is Cc1[nH]c(/C=C2\C(=O)Nc3ccc(F)cc32)c(C)c1C(=O)NCC1CCC(O)CC1. The van der Waals surface area contributed by atoms with Gasteiger partial charge >= 0.3 is 0 Å². The predicted molar refractivity (Wildman–Crippen MR) is 113 cm³/mol. The zero-order valence-electron chi connectivity index (χ0n) is 17.1. The normalized spacial score (nSPS) is 22.1. The van der Waals surface area contributed by atoms with Crippen molar-refractivity contribution in [3.63, 3.8) is 0 Å². The van der Waals surface area contributed by atoms with Gasteiger partial charge in [0.2, 0.25) is 0 Å². The number of H-pyrrole nitrogens is 1. The smallest absolute Gasteiger partial charge is 0.256 e. The van der Waals surface area contributed by atoms with E-state index < -0.39 is 5.82 Å². The number of amides is 2. The summed E-state index contributed by atoms with van der Waals surface area (Å²) in [5.41, 5.74) is 4.13. The second-order valence-corrected chi connectivity index (χ2v) is 8.25. The molecule has 4 rings (SSSR count). The van der Waals surface area contributed by atoms with E-state index in [1.807, 2.05) is 13.8 Å². The summed E-state index contributed by atoms with van der Waals surface area (Å²) in [6.07, 6.45) is 4.84. The van der Waals surface area contributed by atoms with Gasteiger partial charge in [0.25, 0.3) is 11.8 Å². The van der Waals surface area contributed by atoms with E-state index in [9.17, 15) is 19.1 Å². The van der Waals surface area contributed by atoms with Crippen molar-refractivity contribution in [3.05, 3.63) is 52.1 Å². The number of aliphatic hydroxyl groups excluding tert-OH is 1. The van der Waals surface area contributed by atoms with E-state index in [4.69, 9.17) is 0 Å². The van der Waals surface area contributed by atoms with E-state index in [2.05, 4.69) is 15.6 Å². The molecule has 2 amide bonds. The number of hydrogen-bond donors (Lipinski definition) is 4. The van der Waals surface area contributed by atoms with Gasteiger partial charge in [0.15, 0.2) is 0 Å². The summed E-state index contributed by atoms with van der Waals surface area (Å²) in [4.78, 5) is 28.4. The van der Waals surface area contributed by atoms with Gasteiger partial charge in [-0.1, -0.05) is 0 Å². The van der Waals surface area contributed by atoms with Crippen molar-refractivity contribution in [2.45, 2.75) is 45.6 Å². The molecule has 4 N–H and O–H groups in total. The minimum atomic E-state index is -0.411. The van der Waals surface area contributed by atoms with Crippen molar-refractivity contribution in [3.8, 4) is 0 Å². The van der Waals surface area contributed by atoms with Crippen LogP contribution in [0.5, 0.6) is 0 Å². The van der Waals surface area contributed by atoms with Gasteiger partial charge in [-0.25, -0.2) is 4.39 Å². The third-order valence-electron chi connectivity index (χ3n) is 6.12. The standard InChI is InChI=1S/C23H26FN3O3/c1-12-20(10-18-17-9-15(24)5-8-19(17)27-22(18)29)26-13(2)21(12)23(30)25-11-14-3-6-16(28)7-4-14/h5,8-10,14,16,26,28H,3-4,6-7,11H2,1-2H3,(H,25,30)(H,27,29)/b18-10-. The maximum absolute atomic E-state index is 13.7. The molecule has 0 spiro atoms. The molecule has 1 aliphatic carbocycles. The number of aliphatic hydroxyl groups is 1. The zero-order valence-corrected chi connectivity index (χ0v) is 17.1. The molecule has 0 bridgehead atoms. The van der Waals surface area contributed by atoms with Gasteiger partial charge in [-0.05, 0) is 75.3 Å². The van der Waals surface area contributed by atoms with Gasteiger partial charge in [-0.15, -0.1) is 0 Å². The van der Waals surface area contributed by atoms with E-state index in [-0.39, 0.29) is 17.9 Å². The fraction of sp³-hybridized carbons (Fsp3) is 0.391. The number of nitrogens with one attached hydrogen (secondary N) is 3. The van der Waals surface area contributed by atoms with Crippen LogP contribution >= 0.6 is 0 Å². The minimum Gasteiger partial charge on any atom is -0.393 e. The van der Waals surface area contributed by atoms with E-state index in [0.717, 1.165) is 31.2 Å². The third kappa shape index (κ3) is 3.89. The molecule has 1 aromatic heterocycles. The van der Waals surface area contributed by atoms with Gasteiger partial charge in [-0.2, -0.15) is 0 Å². The summed E-state index contributed by atoms with van der Waals surface area (Å²) in [5.74, 6) is -0.481. The Balaban J connectivity index is 1.54. The molecule has 0 saturated heterocycles. The number of aryl methyl sites for hydroxylation is 1. The van der Waals surface area contributed by atoms with E-state index in [1.54, 1.807) is 12.1 Å². The van der Waals surface area contributed by atoms with Crippen LogP contribution in [0.3, 0.4) is 0 Å². The minimum absolute atomic E-state index is 0.153. The topological polar surface area (TPSA) is 94.2 Å². The van der Waals surface area contributed by atoms with Gasteiger partial charge < -0.3 is 20.7 Å². The van der Waals surface area contributed by atoms with Crippen LogP contribution in [0.2, 0.25) is 0 Å². The zero-order chi connectivity index (χ0) is 21.4. The lowest BCUT2D eigenvalue weighted by molar-refractivity contribution is -0.110. The fourth-order valence-electron chi connectivity index (χ4n) is 4.38. The number of rotatable bonds is 4. The predicted octanol–water partition coefficient (Wildman–Crippen LogP) is 3.54. The van der Waals surface area contributed by atoms with Crippen molar-refractivity contribution < 1.29 is 19.1 Å². The summed E-state index contributed by atoms with van der Waals surface area (Å²) < 4.78 is 13.7. The Hall–Kier alpha value is -2.93. The highest BCUT2D eigenvalue weighted by atomic mass is 19.1. The average Bonchev–Trinajstić information content (AvgIpc) is 3.17. The molecule has 1 aliphatic heterocycles. The average molecular weight is 411 g/mol. The molecule has 0 radical (unpaired) electrons. The number of anilines is 1. The number of fused-ring (bicyclic) bond motifs is 1. The first-order chi connectivity index (χ1) is 14.3. The molecule has 2 aliphatic rings. The van der Waals surface area contributed by atoms with Crippen LogP contribution in [0.25, 0.3) is 11.6 Å². The highest BCUT2D eigenvalue weighted by molar-refractivity contribution is 6.34. The molecule has 1 saturated carbocycles. The molecule has 2 aromatic rings. The monoisotopic (exact) mass is 411 g/mol. The molecule has 1 fully saturated rings. The van der Waals surface area contributed by atoms with Crippen molar-refractivity contribution in [1.29, 1.82) is 0 Å². The van der Waals surface area contributed by atoms with Crippen molar-refractivity contribution in [2.75, 3.05) is 11.9 Å². The molecule has 1 aromatic carbocycles. The summed E-state index contributed by atoms with van der Waals surface area (Å²) in [6.45, 7) is 4.24. The number of hydrogen-bond acceptors (Lipinski definition) is 3. The Morgan fingerprint density at radius 1 is 1.27 bits per heavy atom. The van der Waals surface area contributed by atoms with Crippen LogP contribution in [0.1, 0.15) is 58.6 Å². The number of benzene rings is 1. The molecular formula is C23H26FN3O3. The van der Waals surface area contributed by atoms with Crippen LogP contribution in [0.15, 0.2) is 18.2 Å². The second kappa shape index (κ2) is 8.07. The Morgan fingerprint density at radius 3 is 2.73 bits per heavy atom. The first-order valence-electron chi connectivity index (χ1n) is 10.3. The number of carbonyl (C=O) groups excluding carboxylic acids is 2. The number of carbonyl (C=O) groups is 2. The largest absolute Gasteiger partial charge is 0.393 e. The lowest BCUT2D eigenvalue weighted by Crippen LogP contribution is -2.32. The fourth-order valence-corrected chi connectivity index (χ4v) is 4.38. The van der Waals surface area contributed by atoms with Crippen molar-refractivity contribution >= 4 is 29.2 Å². The Morgan fingerprint density at radius 2 is 2.00 bits per heavy atom. The summed E-state index contributed by atoms with van der Waals surface area (Å²) in [5, 5.41) is 15.4. The van der Waals surface area contributed by atoms with E-state index in [0.29, 0.717) is 46.2 Å². The number of aromatic amines is 1. The quantitative estimate of drug-likeness (QED) is 0.580. The molecule has 0 unspecified atom stereocenters. The first-order valence-corrected chi connectivity index (χ1v) is 10.3. The number of halogens is 1. The van der Waals surface area contributed by atoms with Gasteiger partial charge in [0.05, 0.1) is 17.2 Å². The Bertz CT molecular complexity index is 1030. The molecule has 30 heavy (non-hydrogen) atoms. The first kappa shape index (κ1) is 20.3. The van der Waals surface area contributed by atoms with E-state index in [1.165, 1.54) is 12.1 Å². The van der Waals surface area contributed by atoms with Crippen molar-refractivity contribution in [2.24, 2.45) is 5.92 Å². The maximum Gasteiger partial charge on any atom is 0.256 e. The van der Waals surface area contributed by atoms with Crippen LogP contribution in [0, 0.1) is 25.6 Å². The van der Waals surface area contributed by atoms with Crippen LogP contribution in [0.4, 0.5) is 10.1 Å². The lowest BCUT2D eigenvalue weighted by atomic mass is 9.87. The number of aromatic nitrogens is 1. The lowest BCUT2D eigenvalue weighted by Gasteiger charge is -2.25. The molecule has 0 atom stereocenters. The molecule has 158 valence electrons. The highest BCUT2D eigenvalue weighted by Crippen LogP contribution is 2.34. The second-order valence-electron chi connectivity index (χ2n) is 8.25. The molecule has 7 heteroatoms. The molecular weight excluding hydrogens is 385 g/mol. The summed E-state index contributed by atoms with van der Waals surface area (Å²) in [7, 11) is 0. The van der Waals surface area contributed by atoms with Gasteiger partial charge in [0, 0.05) is 29.2 Å². The third-order valence-corrected chi connectivity index (χ3v) is 6.12. The van der Waals surface area contributed by atoms with Crippen LogP contribution < -0.4 is 10.6 Å². The van der Waals surface area contributed by atoms with Gasteiger partial charge in [-0.3, -0.25) is 9.59 Å². The molecule has 2 heterocycles. The summed E-state index contributed by atoms with van der Waals surface area (Å²) >= 11 is 0. The van der Waals surface area contributed by atoms with E-state index >= 15 is 0 Å². The Kier molecular flexibility index (Phi) is 5.47. The molecule has 6 nitrogen and oxygen atoms in total. The van der Waals surface area contributed by atoms with Crippen LogP contribution in [-0.4, -0.2) is 34.6 Å². The Labute approximate surface area is 174 Å². The maximum atomic E-state index is 13.7. The van der Waals surface area contributed by atoms with Crippen LogP contribution in [-0.2, 0) is 4.79 Å². The highest BCUT2D eigenvalue weighted by Gasteiger charge is 2.26. The van der Waals surface area contributed by atoms with Gasteiger partial charge in [0.1, 0.15) is 5.82 Å². The van der Waals surface area contributed by atoms with Crippen molar-refractivity contribution in [1.82, 2.24) is 10.3 Å². The summed E-state index contributed by atoms with van der Waals surface area (Å²) in [6, 6.07) is 4.18.